The third-order valence-electron chi connectivity index (χ3n) is 3.09. The number of hydrogen-bond donors (Lipinski definition) is 2. The van der Waals surface area contributed by atoms with Crippen molar-refractivity contribution in [2.75, 3.05) is 11.2 Å². The summed E-state index contributed by atoms with van der Waals surface area (Å²) in [7, 11) is 0. The molecule has 3 N–H and O–H groups in total. The molecule has 6 heteroatoms. The number of fused-ring (bicyclic) bond motifs is 1. The Bertz CT molecular complexity index is 553. The van der Waals surface area contributed by atoms with Crippen molar-refractivity contribution in [3.05, 3.63) is 10.9 Å². The first kappa shape index (κ1) is 14.6. The number of hydrogen-bond acceptors (Lipinski definition) is 6. The number of nitrogens with two attached hydrogens (primary N) is 1. The van der Waals surface area contributed by atoms with Gasteiger partial charge in [-0.05, 0) is 18.4 Å². The molecule has 0 radical (unpaired) electrons. The maximum Gasteiger partial charge on any atom is 0.239 e. The first-order chi connectivity index (χ1) is 9.17. The largest absolute Gasteiger partial charge is 0.292 e. The Hall–Kier alpha value is -0.850. The molecule has 2 rings (SSSR count). The molecule has 0 amide bonds. The van der Waals surface area contributed by atoms with Crippen LogP contribution >= 0.6 is 23.1 Å². The molecule has 1 unspecified atom stereocenters. The van der Waals surface area contributed by atoms with Crippen molar-refractivity contribution < 1.29 is 0 Å². The molecule has 1 atom stereocenters. The van der Waals surface area contributed by atoms with E-state index in [1.165, 1.54) is 11.3 Å². The number of hydrazine groups is 1. The van der Waals surface area contributed by atoms with Gasteiger partial charge in [-0.2, -0.15) is 0 Å². The monoisotopic (exact) mass is 296 g/mol. The summed E-state index contributed by atoms with van der Waals surface area (Å²) in [4.78, 5) is 11.3. The van der Waals surface area contributed by atoms with Gasteiger partial charge in [0, 0.05) is 16.0 Å². The first-order valence-electron chi connectivity index (χ1n) is 6.57. The molecule has 2 aromatic rings. The van der Waals surface area contributed by atoms with Crippen LogP contribution in [0.1, 0.15) is 32.1 Å². The standard InChI is InChI=1S/C13H20N4S2/c1-4-8(3)7-18-11-10-6-9(5-2)19-12(10)16-13(15-11)17-14/h6,8H,4-5,7,14H2,1-3H3,(H,15,16,17). The van der Waals surface area contributed by atoms with E-state index in [0.717, 1.165) is 27.4 Å². The number of anilines is 1. The van der Waals surface area contributed by atoms with Crippen LogP contribution in [0.15, 0.2) is 11.1 Å². The van der Waals surface area contributed by atoms with Crippen molar-refractivity contribution in [3.63, 3.8) is 0 Å². The van der Waals surface area contributed by atoms with Crippen molar-refractivity contribution in [1.82, 2.24) is 9.97 Å². The topological polar surface area (TPSA) is 63.8 Å². The normalized spacial score (nSPS) is 12.8. The third kappa shape index (κ3) is 3.38. The number of thioether (sulfide) groups is 1. The van der Waals surface area contributed by atoms with E-state index in [4.69, 9.17) is 5.84 Å². The molecule has 0 aliphatic rings. The maximum atomic E-state index is 5.45. The minimum absolute atomic E-state index is 0.503. The van der Waals surface area contributed by atoms with E-state index in [-0.39, 0.29) is 0 Å². The van der Waals surface area contributed by atoms with E-state index in [1.54, 1.807) is 23.1 Å². The minimum atomic E-state index is 0.503. The predicted molar refractivity (Wildman–Crippen MR) is 84.8 cm³/mol. The average molecular weight is 296 g/mol. The van der Waals surface area contributed by atoms with Gasteiger partial charge in [0.05, 0.1) is 0 Å². The molecular formula is C13H20N4S2. The Labute approximate surface area is 122 Å². The van der Waals surface area contributed by atoms with E-state index >= 15 is 0 Å². The zero-order valence-electron chi connectivity index (χ0n) is 11.6. The predicted octanol–water partition coefficient (Wildman–Crippen LogP) is 3.68. The molecule has 0 spiro atoms. The van der Waals surface area contributed by atoms with Crippen LogP contribution in [0.2, 0.25) is 0 Å². The highest BCUT2D eigenvalue weighted by Gasteiger charge is 2.12. The van der Waals surface area contributed by atoms with E-state index in [1.807, 2.05) is 0 Å². The number of aryl methyl sites for hydroxylation is 1. The molecule has 0 aromatic carbocycles. The smallest absolute Gasteiger partial charge is 0.239 e. The lowest BCUT2D eigenvalue weighted by atomic mass is 10.2. The molecule has 0 bridgehead atoms. The fourth-order valence-electron chi connectivity index (χ4n) is 1.63. The van der Waals surface area contributed by atoms with Crippen molar-refractivity contribution in [1.29, 1.82) is 0 Å². The van der Waals surface area contributed by atoms with Crippen LogP contribution in [-0.2, 0) is 6.42 Å². The third-order valence-corrected chi connectivity index (χ3v) is 5.58. The summed E-state index contributed by atoms with van der Waals surface area (Å²) < 4.78 is 0. The van der Waals surface area contributed by atoms with Crippen LogP contribution < -0.4 is 11.3 Å². The van der Waals surface area contributed by atoms with Crippen molar-refractivity contribution in [2.24, 2.45) is 11.8 Å². The molecule has 0 aliphatic heterocycles. The summed E-state index contributed by atoms with van der Waals surface area (Å²) in [5, 5.41) is 2.20. The zero-order chi connectivity index (χ0) is 13.8. The number of nitrogens with zero attached hydrogens (tertiary/aromatic N) is 2. The van der Waals surface area contributed by atoms with Gasteiger partial charge in [0.2, 0.25) is 5.95 Å². The quantitative estimate of drug-likeness (QED) is 0.368. The van der Waals surface area contributed by atoms with Gasteiger partial charge in [-0.25, -0.2) is 15.8 Å². The summed E-state index contributed by atoms with van der Waals surface area (Å²) in [6.07, 6.45) is 2.22. The summed E-state index contributed by atoms with van der Waals surface area (Å²) in [5.74, 6) is 7.72. The maximum absolute atomic E-state index is 5.45. The summed E-state index contributed by atoms with van der Waals surface area (Å²) in [6, 6.07) is 2.21. The molecule has 0 saturated carbocycles. The fraction of sp³-hybridized carbons (Fsp3) is 0.538. The Morgan fingerprint density at radius 3 is 2.84 bits per heavy atom. The van der Waals surface area contributed by atoms with Gasteiger partial charge in [-0.3, -0.25) is 5.43 Å². The second kappa shape index (κ2) is 6.54. The van der Waals surface area contributed by atoms with Gasteiger partial charge in [-0.1, -0.05) is 27.2 Å². The van der Waals surface area contributed by atoms with E-state index in [0.29, 0.717) is 11.9 Å². The SMILES string of the molecule is CCc1cc2c(SCC(C)CC)nc(NN)nc2s1. The zero-order valence-corrected chi connectivity index (χ0v) is 13.2. The Kier molecular flexibility index (Phi) is 5.01. The van der Waals surface area contributed by atoms with Gasteiger partial charge < -0.3 is 0 Å². The molecule has 0 saturated heterocycles. The lowest BCUT2D eigenvalue weighted by Crippen LogP contribution is -2.10. The van der Waals surface area contributed by atoms with Gasteiger partial charge >= 0.3 is 0 Å². The van der Waals surface area contributed by atoms with Gasteiger partial charge in [0.15, 0.2) is 0 Å². The van der Waals surface area contributed by atoms with Gasteiger partial charge in [0.1, 0.15) is 9.86 Å². The minimum Gasteiger partial charge on any atom is -0.292 e. The number of thiophene rings is 1. The number of aromatic nitrogens is 2. The highest BCUT2D eigenvalue weighted by molar-refractivity contribution is 7.99. The average Bonchev–Trinajstić information content (AvgIpc) is 2.86. The molecule has 2 heterocycles. The first-order valence-corrected chi connectivity index (χ1v) is 8.38. The van der Waals surface area contributed by atoms with E-state index < -0.39 is 0 Å². The van der Waals surface area contributed by atoms with Crippen LogP contribution in [0, 0.1) is 5.92 Å². The van der Waals surface area contributed by atoms with Crippen LogP contribution in [0.4, 0.5) is 5.95 Å². The summed E-state index contributed by atoms with van der Waals surface area (Å²) >= 11 is 3.52. The highest BCUT2D eigenvalue weighted by atomic mass is 32.2. The Morgan fingerprint density at radius 1 is 1.42 bits per heavy atom. The van der Waals surface area contributed by atoms with Crippen LogP contribution in [0.3, 0.4) is 0 Å². The van der Waals surface area contributed by atoms with Crippen molar-refractivity contribution >= 4 is 39.3 Å². The molecule has 19 heavy (non-hydrogen) atoms. The lowest BCUT2D eigenvalue weighted by molar-refractivity contribution is 0.636. The molecule has 0 aliphatic carbocycles. The summed E-state index contributed by atoms with van der Waals surface area (Å²) in [6.45, 7) is 6.64. The highest BCUT2D eigenvalue weighted by Crippen LogP contribution is 2.33. The fourth-order valence-corrected chi connectivity index (χ4v) is 3.80. The van der Waals surface area contributed by atoms with E-state index in [2.05, 4.69) is 42.2 Å². The Balaban J connectivity index is 2.35. The second-order valence-corrected chi connectivity index (χ2v) is 6.73. The van der Waals surface area contributed by atoms with Crippen LogP contribution in [-0.4, -0.2) is 15.7 Å². The van der Waals surface area contributed by atoms with Gasteiger partial charge in [-0.15, -0.1) is 23.1 Å². The number of nitrogen functional groups attached to an aromatic ring is 1. The van der Waals surface area contributed by atoms with E-state index in [9.17, 15) is 0 Å². The van der Waals surface area contributed by atoms with Crippen LogP contribution in [0.25, 0.3) is 10.2 Å². The van der Waals surface area contributed by atoms with Crippen LogP contribution in [0.5, 0.6) is 0 Å². The van der Waals surface area contributed by atoms with Crippen molar-refractivity contribution in [3.8, 4) is 0 Å². The Morgan fingerprint density at radius 2 is 2.21 bits per heavy atom. The number of rotatable bonds is 6. The molecule has 2 aromatic heterocycles. The molecule has 0 fully saturated rings. The second-order valence-electron chi connectivity index (χ2n) is 4.61. The van der Waals surface area contributed by atoms with Gasteiger partial charge in [0.25, 0.3) is 0 Å². The number of nitrogens with one attached hydrogen (secondary N) is 1. The summed E-state index contributed by atoms with van der Waals surface area (Å²) in [5.41, 5.74) is 2.56. The molecule has 4 nitrogen and oxygen atoms in total. The lowest BCUT2D eigenvalue weighted by Gasteiger charge is -2.08. The van der Waals surface area contributed by atoms with Crippen molar-refractivity contribution in [2.45, 2.75) is 38.6 Å². The molecular weight excluding hydrogens is 276 g/mol. The molecule has 104 valence electrons.